The first-order chi connectivity index (χ1) is 13.5. The number of rotatable bonds is 6. The normalized spacial score (nSPS) is 18.6. The zero-order chi connectivity index (χ0) is 20.1. The van der Waals surface area contributed by atoms with Gasteiger partial charge in [-0.25, -0.2) is 9.59 Å². The molecule has 3 rings (SSSR count). The topological polar surface area (TPSA) is 90.9 Å². The van der Waals surface area contributed by atoms with E-state index in [4.69, 9.17) is 14.2 Å². The predicted octanol–water partition coefficient (Wildman–Crippen LogP) is 2.33. The Labute approximate surface area is 162 Å². The van der Waals surface area contributed by atoms with E-state index < -0.39 is 24.1 Å². The van der Waals surface area contributed by atoms with Crippen molar-refractivity contribution >= 4 is 17.9 Å². The van der Waals surface area contributed by atoms with Gasteiger partial charge in [0.2, 0.25) is 6.10 Å². The lowest BCUT2D eigenvalue weighted by atomic mass is 9.98. The molecule has 0 unspecified atom stereocenters. The van der Waals surface area contributed by atoms with Crippen LogP contribution in [0.1, 0.15) is 40.0 Å². The number of esters is 3. The number of ether oxygens (including phenoxy) is 3. The monoisotopic (exact) mass is 383 g/mol. The van der Waals surface area contributed by atoms with Gasteiger partial charge in [0.25, 0.3) is 0 Å². The Morgan fingerprint density at radius 2 is 1.57 bits per heavy atom. The van der Waals surface area contributed by atoms with E-state index in [1.165, 1.54) is 14.2 Å². The van der Waals surface area contributed by atoms with E-state index in [0.717, 1.165) is 11.1 Å². The quantitative estimate of drug-likeness (QED) is 0.605. The van der Waals surface area contributed by atoms with Crippen LogP contribution >= 0.6 is 0 Å². The summed E-state index contributed by atoms with van der Waals surface area (Å²) in [5.41, 5.74) is 1.95. The molecule has 146 valence electrons. The lowest BCUT2D eigenvalue weighted by Gasteiger charge is -2.23. The lowest BCUT2D eigenvalue weighted by molar-refractivity contribution is -0.152. The molecular formula is C21H21NO6. The van der Waals surface area contributed by atoms with Crippen molar-refractivity contribution in [1.29, 1.82) is 0 Å². The van der Waals surface area contributed by atoms with Crippen LogP contribution in [-0.4, -0.2) is 38.2 Å². The van der Waals surface area contributed by atoms with Gasteiger partial charge in [0.15, 0.2) is 0 Å². The third-order valence-electron chi connectivity index (χ3n) is 4.67. The molecule has 0 aliphatic carbocycles. The highest BCUT2D eigenvalue weighted by atomic mass is 16.6. The number of nitrogens with one attached hydrogen (secondary N) is 1. The summed E-state index contributed by atoms with van der Waals surface area (Å²) >= 11 is 0. The second kappa shape index (κ2) is 8.67. The highest BCUT2D eigenvalue weighted by Crippen LogP contribution is 2.38. The molecule has 0 spiro atoms. The van der Waals surface area contributed by atoms with Gasteiger partial charge in [-0.1, -0.05) is 42.5 Å². The lowest BCUT2D eigenvalue weighted by Crippen LogP contribution is -2.39. The molecule has 2 aromatic carbocycles. The van der Waals surface area contributed by atoms with E-state index in [0.29, 0.717) is 5.56 Å². The van der Waals surface area contributed by atoms with E-state index in [1.54, 1.807) is 30.3 Å². The number of carbonyl (C=O) groups excluding carboxylic acids is 3. The molecule has 3 atom stereocenters. The van der Waals surface area contributed by atoms with Crippen LogP contribution in [0.15, 0.2) is 54.6 Å². The highest BCUT2D eigenvalue weighted by molar-refractivity contribution is 5.91. The zero-order valence-electron chi connectivity index (χ0n) is 15.6. The smallest absolute Gasteiger partial charge is 0.349 e. The van der Waals surface area contributed by atoms with Crippen molar-refractivity contribution in [2.75, 3.05) is 14.2 Å². The number of carbonyl (C=O) groups is 3. The summed E-state index contributed by atoms with van der Waals surface area (Å²) in [5.74, 6) is -1.70. The molecule has 0 saturated heterocycles. The fourth-order valence-electron chi connectivity index (χ4n) is 3.30. The molecular weight excluding hydrogens is 362 g/mol. The van der Waals surface area contributed by atoms with Crippen LogP contribution in [0.5, 0.6) is 0 Å². The zero-order valence-corrected chi connectivity index (χ0v) is 15.6. The minimum absolute atomic E-state index is 0.0878. The summed E-state index contributed by atoms with van der Waals surface area (Å²) in [6, 6.07) is 14.7. The van der Waals surface area contributed by atoms with Crippen LogP contribution in [0.4, 0.5) is 0 Å². The van der Waals surface area contributed by atoms with E-state index >= 15 is 0 Å². The van der Waals surface area contributed by atoms with Crippen molar-refractivity contribution in [3.05, 3.63) is 71.3 Å². The van der Waals surface area contributed by atoms with E-state index in [-0.39, 0.29) is 18.4 Å². The van der Waals surface area contributed by atoms with Gasteiger partial charge in [0.05, 0.1) is 32.2 Å². The third-order valence-corrected chi connectivity index (χ3v) is 4.67. The maximum Gasteiger partial charge on any atom is 0.349 e. The molecule has 0 aromatic heterocycles. The molecule has 2 aromatic rings. The maximum atomic E-state index is 12.5. The van der Waals surface area contributed by atoms with Crippen molar-refractivity contribution < 1.29 is 28.6 Å². The van der Waals surface area contributed by atoms with Gasteiger partial charge in [-0.2, -0.15) is 0 Å². The van der Waals surface area contributed by atoms with Crippen LogP contribution in [-0.2, 0) is 23.8 Å². The second-order valence-electron chi connectivity index (χ2n) is 6.32. The molecule has 1 N–H and O–H groups in total. The van der Waals surface area contributed by atoms with E-state index in [2.05, 4.69) is 5.32 Å². The summed E-state index contributed by atoms with van der Waals surface area (Å²) in [7, 11) is 2.55. The SMILES string of the molecule is COC(=O)C[C@@H]1N[C@@H]([C@H](OC(=O)c2ccccc2)C(=O)OC)c2ccccc21. The number of methoxy groups -OCH3 is 2. The molecule has 0 amide bonds. The molecule has 0 saturated carbocycles. The fourth-order valence-corrected chi connectivity index (χ4v) is 3.30. The molecule has 0 fully saturated rings. The summed E-state index contributed by atoms with van der Waals surface area (Å²) in [6.07, 6.45) is -1.12. The van der Waals surface area contributed by atoms with Crippen molar-refractivity contribution in [3.63, 3.8) is 0 Å². The Morgan fingerprint density at radius 3 is 2.21 bits per heavy atom. The average Bonchev–Trinajstić information content (AvgIpc) is 3.10. The first kappa shape index (κ1) is 19.6. The van der Waals surface area contributed by atoms with E-state index in [9.17, 15) is 14.4 Å². The first-order valence-electron chi connectivity index (χ1n) is 8.80. The standard InChI is InChI=1S/C21H21NO6/c1-26-17(23)12-16-14-10-6-7-11-15(14)18(22-16)19(21(25)27-2)28-20(24)13-8-4-3-5-9-13/h3-11,16,18-19,22H,12H2,1-2H3/t16-,18+,19-/m0/s1. The fraction of sp³-hybridized carbons (Fsp3) is 0.286. The van der Waals surface area contributed by atoms with Gasteiger partial charge in [-0.15, -0.1) is 0 Å². The Kier molecular flexibility index (Phi) is 6.06. The summed E-state index contributed by atoms with van der Waals surface area (Å²) in [4.78, 5) is 36.7. The Bertz CT molecular complexity index is 866. The Hall–Kier alpha value is -3.19. The molecule has 0 bridgehead atoms. The highest BCUT2D eigenvalue weighted by Gasteiger charge is 2.42. The van der Waals surface area contributed by atoms with Gasteiger partial charge >= 0.3 is 17.9 Å². The molecule has 1 aliphatic rings. The number of hydrogen-bond donors (Lipinski definition) is 1. The van der Waals surface area contributed by atoms with Crippen LogP contribution in [0.25, 0.3) is 0 Å². The number of hydrogen-bond acceptors (Lipinski definition) is 7. The average molecular weight is 383 g/mol. The third kappa shape index (κ3) is 4.04. The summed E-state index contributed by atoms with van der Waals surface area (Å²) in [5, 5.41) is 3.21. The number of benzene rings is 2. The predicted molar refractivity (Wildman–Crippen MR) is 99.4 cm³/mol. The molecule has 0 radical (unpaired) electrons. The van der Waals surface area contributed by atoms with Gasteiger partial charge < -0.3 is 14.2 Å². The first-order valence-corrected chi connectivity index (χ1v) is 8.80. The van der Waals surface area contributed by atoms with Crippen LogP contribution in [0, 0.1) is 0 Å². The van der Waals surface area contributed by atoms with Crippen LogP contribution in [0.3, 0.4) is 0 Å². The minimum Gasteiger partial charge on any atom is -0.469 e. The van der Waals surface area contributed by atoms with Gasteiger partial charge in [0.1, 0.15) is 0 Å². The molecule has 1 aliphatic heterocycles. The van der Waals surface area contributed by atoms with Crippen LogP contribution < -0.4 is 5.32 Å². The van der Waals surface area contributed by atoms with E-state index in [1.807, 2.05) is 24.3 Å². The Balaban J connectivity index is 1.89. The molecule has 1 heterocycles. The maximum absolute atomic E-state index is 12.5. The van der Waals surface area contributed by atoms with Gasteiger partial charge in [0, 0.05) is 6.04 Å². The molecule has 7 nitrogen and oxygen atoms in total. The summed E-state index contributed by atoms with van der Waals surface area (Å²) in [6.45, 7) is 0. The molecule has 7 heteroatoms. The van der Waals surface area contributed by atoms with Crippen molar-refractivity contribution in [2.45, 2.75) is 24.6 Å². The second-order valence-corrected chi connectivity index (χ2v) is 6.32. The summed E-state index contributed by atoms with van der Waals surface area (Å²) < 4.78 is 15.1. The molecule has 28 heavy (non-hydrogen) atoms. The van der Waals surface area contributed by atoms with Crippen molar-refractivity contribution in [3.8, 4) is 0 Å². The largest absolute Gasteiger partial charge is 0.469 e. The minimum atomic E-state index is -1.21. The van der Waals surface area contributed by atoms with Crippen molar-refractivity contribution in [1.82, 2.24) is 5.32 Å². The Morgan fingerprint density at radius 1 is 0.929 bits per heavy atom. The van der Waals surface area contributed by atoms with Gasteiger partial charge in [-0.3, -0.25) is 10.1 Å². The van der Waals surface area contributed by atoms with Gasteiger partial charge in [-0.05, 0) is 23.3 Å². The van der Waals surface area contributed by atoms with Crippen molar-refractivity contribution in [2.24, 2.45) is 0 Å². The van der Waals surface area contributed by atoms with Crippen LogP contribution in [0.2, 0.25) is 0 Å². The number of fused-ring (bicyclic) bond motifs is 1.